The van der Waals surface area contributed by atoms with Crippen LogP contribution in [-0.2, 0) is 14.9 Å². The van der Waals surface area contributed by atoms with Gasteiger partial charge in [0, 0.05) is 31.6 Å². The van der Waals surface area contributed by atoms with E-state index >= 15 is 0 Å². The molecule has 114 valence electrons. The first-order valence-electron chi connectivity index (χ1n) is 8.18. The highest BCUT2D eigenvalue weighted by Crippen LogP contribution is 2.40. The minimum atomic E-state index is 0.156. The molecule has 1 saturated heterocycles. The summed E-state index contributed by atoms with van der Waals surface area (Å²) in [5.41, 5.74) is 1.54. The Hall–Kier alpha value is -1.35. The lowest BCUT2D eigenvalue weighted by molar-refractivity contribution is -0.122. The molecule has 3 rings (SSSR count). The average molecular weight is 287 g/mol. The Morgan fingerprint density at radius 1 is 1.24 bits per heavy atom. The van der Waals surface area contributed by atoms with Gasteiger partial charge in [0.2, 0.25) is 5.91 Å². The molecule has 1 atom stereocenters. The van der Waals surface area contributed by atoms with E-state index in [0.717, 1.165) is 26.2 Å². The summed E-state index contributed by atoms with van der Waals surface area (Å²) in [7, 11) is 0. The van der Waals surface area contributed by atoms with Crippen molar-refractivity contribution >= 4 is 5.91 Å². The number of hydrogen-bond donors (Lipinski definition) is 1. The van der Waals surface area contributed by atoms with Gasteiger partial charge in [-0.2, -0.15) is 0 Å². The Morgan fingerprint density at radius 2 is 2.00 bits per heavy atom. The van der Waals surface area contributed by atoms with Crippen molar-refractivity contribution in [2.75, 3.05) is 19.8 Å². The van der Waals surface area contributed by atoms with E-state index in [4.69, 9.17) is 4.74 Å². The molecule has 3 nitrogen and oxygen atoms in total. The summed E-state index contributed by atoms with van der Waals surface area (Å²) in [5.74, 6) is 0.606. The van der Waals surface area contributed by atoms with E-state index in [-0.39, 0.29) is 11.3 Å². The number of hydrogen-bond acceptors (Lipinski definition) is 2. The second-order valence-corrected chi connectivity index (χ2v) is 6.56. The zero-order valence-electron chi connectivity index (χ0n) is 12.6. The Kier molecular flexibility index (Phi) is 4.59. The first-order chi connectivity index (χ1) is 10.3. The van der Waals surface area contributed by atoms with E-state index in [1.807, 2.05) is 0 Å². The van der Waals surface area contributed by atoms with Crippen LogP contribution in [0.2, 0.25) is 0 Å². The van der Waals surface area contributed by atoms with E-state index in [0.29, 0.717) is 12.3 Å². The van der Waals surface area contributed by atoms with Gasteiger partial charge in [0.05, 0.1) is 0 Å². The summed E-state index contributed by atoms with van der Waals surface area (Å²) in [6.45, 7) is 2.34. The largest absolute Gasteiger partial charge is 0.381 e. The monoisotopic (exact) mass is 287 g/mol. The molecule has 1 N–H and O–H groups in total. The third kappa shape index (κ3) is 3.46. The highest BCUT2D eigenvalue weighted by molar-refractivity contribution is 5.76. The maximum atomic E-state index is 12.2. The highest BCUT2D eigenvalue weighted by atomic mass is 16.5. The van der Waals surface area contributed by atoms with Crippen LogP contribution >= 0.6 is 0 Å². The molecule has 2 fully saturated rings. The number of amides is 1. The van der Waals surface area contributed by atoms with Crippen LogP contribution in [-0.4, -0.2) is 25.7 Å². The molecule has 0 radical (unpaired) electrons. The van der Waals surface area contributed by atoms with Crippen LogP contribution in [0.25, 0.3) is 0 Å². The predicted molar refractivity (Wildman–Crippen MR) is 83.1 cm³/mol. The Bertz CT molecular complexity index is 459. The molecule has 2 aliphatic rings. The maximum Gasteiger partial charge on any atom is 0.220 e. The van der Waals surface area contributed by atoms with Crippen molar-refractivity contribution in [3.63, 3.8) is 0 Å². The molecular weight excluding hydrogens is 262 g/mol. The maximum absolute atomic E-state index is 12.2. The minimum Gasteiger partial charge on any atom is -0.381 e. The Balaban J connectivity index is 1.59. The molecule has 21 heavy (non-hydrogen) atoms. The van der Waals surface area contributed by atoms with Gasteiger partial charge in [0.25, 0.3) is 0 Å². The van der Waals surface area contributed by atoms with E-state index in [2.05, 4.69) is 35.6 Å². The normalized spacial score (nSPS) is 24.1. The number of carbonyl (C=O) groups is 1. The molecule has 1 aliphatic carbocycles. The quantitative estimate of drug-likeness (QED) is 0.904. The molecule has 1 aromatic carbocycles. The van der Waals surface area contributed by atoms with Crippen molar-refractivity contribution in [1.82, 2.24) is 5.32 Å². The third-order valence-electron chi connectivity index (χ3n) is 5.07. The van der Waals surface area contributed by atoms with E-state index in [1.165, 1.54) is 31.2 Å². The number of rotatable bonds is 5. The predicted octanol–water partition coefficient (Wildman–Crippen LogP) is 3.04. The van der Waals surface area contributed by atoms with Crippen LogP contribution < -0.4 is 5.32 Å². The second kappa shape index (κ2) is 6.61. The van der Waals surface area contributed by atoms with Crippen LogP contribution in [0, 0.1) is 5.92 Å². The summed E-state index contributed by atoms with van der Waals surface area (Å²) >= 11 is 0. The molecule has 0 spiro atoms. The van der Waals surface area contributed by atoms with Gasteiger partial charge in [-0.25, -0.2) is 0 Å². The molecule has 1 aliphatic heterocycles. The fourth-order valence-corrected chi connectivity index (χ4v) is 3.76. The van der Waals surface area contributed by atoms with Crippen molar-refractivity contribution in [3.05, 3.63) is 35.9 Å². The molecule has 1 saturated carbocycles. The van der Waals surface area contributed by atoms with Gasteiger partial charge in [-0.3, -0.25) is 4.79 Å². The summed E-state index contributed by atoms with van der Waals surface area (Å²) in [6, 6.07) is 10.7. The van der Waals surface area contributed by atoms with Gasteiger partial charge in [-0.15, -0.1) is 0 Å². The van der Waals surface area contributed by atoms with Gasteiger partial charge in [0.1, 0.15) is 0 Å². The van der Waals surface area contributed by atoms with Crippen molar-refractivity contribution in [2.24, 2.45) is 5.92 Å². The fraction of sp³-hybridized carbons (Fsp3) is 0.611. The molecule has 1 heterocycles. The molecule has 0 aromatic heterocycles. The van der Waals surface area contributed by atoms with Crippen LogP contribution in [0.4, 0.5) is 0 Å². The first-order valence-corrected chi connectivity index (χ1v) is 8.18. The van der Waals surface area contributed by atoms with Crippen LogP contribution in [0.5, 0.6) is 0 Å². The zero-order chi connectivity index (χ0) is 14.5. The van der Waals surface area contributed by atoms with Gasteiger partial charge >= 0.3 is 0 Å². The molecule has 0 unspecified atom stereocenters. The average Bonchev–Trinajstić information content (AvgIpc) is 3.18. The zero-order valence-corrected chi connectivity index (χ0v) is 12.6. The van der Waals surface area contributed by atoms with Crippen LogP contribution in [0.3, 0.4) is 0 Å². The van der Waals surface area contributed by atoms with Crippen molar-refractivity contribution in [2.45, 2.75) is 43.9 Å². The van der Waals surface area contributed by atoms with Gasteiger partial charge in [0.15, 0.2) is 0 Å². The van der Waals surface area contributed by atoms with E-state index in [1.54, 1.807) is 0 Å². The van der Waals surface area contributed by atoms with Crippen molar-refractivity contribution in [1.29, 1.82) is 0 Å². The second-order valence-electron chi connectivity index (χ2n) is 6.56. The molecule has 3 heteroatoms. The smallest absolute Gasteiger partial charge is 0.220 e. The van der Waals surface area contributed by atoms with Crippen LogP contribution in [0.1, 0.15) is 44.1 Å². The van der Waals surface area contributed by atoms with Gasteiger partial charge < -0.3 is 10.1 Å². The Labute approximate surface area is 127 Å². The molecule has 1 amide bonds. The number of ether oxygens (including phenoxy) is 1. The summed E-state index contributed by atoms with van der Waals surface area (Å²) in [6.07, 6.45) is 6.54. The minimum absolute atomic E-state index is 0.156. The number of benzene rings is 1. The standard InChI is InChI=1S/C18H25NO2/c20-17(12-15-8-11-21-13-15)19-14-18(9-4-5-10-18)16-6-2-1-3-7-16/h1-3,6-7,15H,4-5,8-14H2,(H,19,20)/t15-/m0/s1. The lowest BCUT2D eigenvalue weighted by atomic mass is 9.79. The molecule has 0 bridgehead atoms. The third-order valence-corrected chi connectivity index (χ3v) is 5.07. The van der Waals surface area contributed by atoms with E-state index < -0.39 is 0 Å². The number of carbonyl (C=O) groups excluding carboxylic acids is 1. The summed E-state index contributed by atoms with van der Waals surface area (Å²) in [5, 5.41) is 3.20. The van der Waals surface area contributed by atoms with Crippen molar-refractivity contribution < 1.29 is 9.53 Å². The van der Waals surface area contributed by atoms with Gasteiger partial charge in [-0.1, -0.05) is 43.2 Å². The summed E-state index contributed by atoms with van der Waals surface area (Å²) in [4.78, 5) is 12.2. The lowest BCUT2D eigenvalue weighted by Crippen LogP contribution is -2.39. The SMILES string of the molecule is O=C(C[C@@H]1CCOC1)NCC1(c2ccccc2)CCCC1. The molecule has 1 aromatic rings. The Morgan fingerprint density at radius 3 is 2.67 bits per heavy atom. The topological polar surface area (TPSA) is 38.3 Å². The van der Waals surface area contributed by atoms with Crippen LogP contribution in [0.15, 0.2) is 30.3 Å². The fourth-order valence-electron chi connectivity index (χ4n) is 3.76. The molecular formula is C18H25NO2. The van der Waals surface area contributed by atoms with Gasteiger partial charge in [-0.05, 0) is 30.7 Å². The summed E-state index contributed by atoms with van der Waals surface area (Å²) < 4.78 is 5.35. The van der Waals surface area contributed by atoms with E-state index in [9.17, 15) is 4.79 Å². The first kappa shape index (κ1) is 14.6. The lowest BCUT2D eigenvalue weighted by Gasteiger charge is -2.30. The van der Waals surface area contributed by atoms with Crippen molar-refractivity contribution in [3.8, 4) is 0 Å². The highest BCUT2D eigenvalue weighted by Gasteiger charge is 2.35. The number of nitrogens with one attached hydrogen (secondary N) is 1.